The quantitative estimate of drug-likeness (QED) is 0.604. The van der Waals surface area contributed by atoms with Crippen molar-refractivity contribution >= 4 is 23.2 Å². The molecular weight excluding hydrogens is 314 g/mol. The summed E-state index contributed by atoms with van der Waals surface area (Å²) in [5, 5.41) is 11.0. The first-order valence-electron chi connectivity index (χ1n) is 7.91. The molecular formula is C16H19N3O5. The number of fused-ring (bicyclic) bond motifs is 1. The zero-order chi connectivity index (χ0) is 17.4. The molecule has 1 aromatic carbocycles. The van der Waals surface area contributed by atoms with Gasteiger partial charge in [0.2, 0.25) is 5.91 Å². The van der Waals surface area contributed by atoms with Gasteiger partial charge in [0.05, 0.1) is 10.6 Å². The van der Waals surface area contributed by atoms with E-state index >= 15 is 0 Å². The lowest BCUT2D eigenvalue weighted by atomic mass is 10.2. The van der Waals surface area contributed by atoms with Crippen molar-refractivity contribution in [3.05, 3.63) is 28.3 Å². The molecule has 1 aliphatic heterocycles. The van der Waals surface area contributed by atoms with Crippen LogP contribution in [0.25, 0.3) is 0 Å². The van der Waals surface area contributed by atoms with Crippen LogP contribution >= 0.6 is 0 Å². The molecule has 0 aromatic heterocycles. The number of carbonyl (C=O) groups is 2. The van der Waals surface area contributed by atoms with E-state index in [9.17, 15) is 19.7 Å². The molecule has 128 valence electrons. The average molecular weight is 333 g/mol. The highest BCUT2D eigenvalue weighted by molar-refractivity contribution is 6.02. The van der Waals surface area contributed by atoms with Crippen molar-refractivity contribution in [2.24, 2.45) is 0 Å². The van der Waals surface area contributed by atoms with Gasteiger partial charge in [0.15, 0.2) is 6.61 Å². The Bertz CT molecular complexity index is 697. The zero-order valence-corrected chi connectivity index (χ0v) is 13.6. The van der Waals surface area contributed by atoms with E-state index in [0.717, 1.165) is 12.8 Å². The topological polar surface area (TPSA) is 93.0 Å². The number of hydrogen-bond donors (Lipinski definition) is 0. The Hall–Kier alpha value is -2.64. The number of nitro benzene ring substituents is 1. The normalized spacial score (nSPS) is 16.6. The second-order valence-electron chi connectivity index (χ2n) is 6.30. The van der Waals surface area contributed by atoms with Gasteiger partial charge >= 0.3 is 0 Å². The van der Waals surface area contributed by atoms with Crippen LogP contribution in [0.15, 0.2) is 18.2 Å². The lowest BCUT2D eigenvalue weighted by molar-refractivity contribution is -0.384. The van der Waals surface area contributed by atoms with Gasteiger partial charge in [-0.1, -0.05) is 0 Å². The maximum atomic E-state index is 12.7. The molecule has 8 heteroatoms. The number of rotatable bonds is 5. The standard InChI is InChI=1S/C16H19N3O5/c1-10(2)18(11-3-4-11)15(20)8-17-13-7-12(19(22)23)5-6-14(13)24-9-16(17)21/h5-7,10-11H,3-4,8-9H2,1-2H3. The van der Waals surface area contributed by atoms with Crippen LogP contribution < -0.4 is 9.64 Å². The SMILES string of the molecule is CC(C)N(C(=O)CN1C(=O)COc2ccc([N+](=O)[O-])cc21)C1CC1. The minimum absolute atomic E-state index is 0.0470. The van der Waals surface area contributed by atoms with Crippen molar-refractivity contribution in [1.82, 2.24) is 4.90 Å². The maximum absolute atomic E-state index is 12.7. The molecule has 0 radical (unpaired) electrons. The fourth-order valence-corrected chi connectivity index (χ4v) is 2.96. The molecule has 0 unspecified atom stereocenters. The van der Waals surface area contributed by atoms with Crippen LogP contribution in [0.2, 0.25) is 0 Å². The minimum atomic E-state index is -0.538. The lowest BCUT2D eigenvalue weighted by Crippen LogP contribution is -2.49. The van der Waals surface area contributed by atoms with Crippen molar-refractivity contribution in [2.45, 2.75) is 38.8 Å². The minimum Gasteiger partial charge on any atom is -0.482 e. The lowest BCUT2D eigenvalue weighted by Gasteiger charge is -2.32. The van der Waals surface area contributed by atoms with E-state index in [1.807, 2.05) is 13.8 Å². The smallest absolute Gasteiger partial charge is 0.271 e. The summed E-state index contributed by atoms with van der Waals surface area (Å²) in [6.07, 6.45) is 1.95. The first kappa shape index (κ1) is 16.2. The number of nitrogens with zero attached hydrogens (tertiary/aromatic N) is 3. The molecule has 8 nitrogen and oxygen atoms in total. The van der Waals surface area contributed by atoms with Gasteiger partial charge in [-0.05, 0) is 32.8 Å². The molecule has 2 amide bonds. The van der Waals surface area contributed by atoms with Gasteiger partial charge in [-0.2, -0.15) is 0 Å². The predicted molar refractivity (Wildman–Crippen MR) is 85.9 cm³/mol. The first-order valence-corrected chi connectivity index (χ1v) is 7.91. The first-order chi connectivity index (χ1) is 11.4. The second kappa shape index (κ2) is 6.10. The van der Waals surface area contributed by atoms with Crippen LogP contribution in [0.3, 0.4) is 0 Å². The molecule has 1 aromatic rings. The summed E-state index contributed by atoms with van der Waals surface area (Å²) in [5.41, 5.74) is 0.126. The summed E-state index contributed by atoms with van der Waals surface area (Å²) >= 11 is 0. The van der Waals surface area contributed by atoms with Crippen LogP contribution in [0.4, 0.5) is 11.4 Å². The van der Waals surface area contributed by atoms with Crippen LogP contribution in [-0.4, -0.2) is 46.9 Å². The summed E-state index contributed by atoms with van der Waals surface area (Å²) in [6, 6.07) is 4.33. The van der Waals surface area contributed by atoms with Crippen LogP contribution in [0.1, 0.15) is 26.7 Å². The summed E-state index contributed by atoms with van der Waals surface area (Å²) in [5.74, 6) is -0.161. The van der Waals surface area contributed by atoms with E-state index in [2.05, 4.69) is 0 Å². The van der Waals surface area contributed by atoms with Crippen molar-refractivity contribution in [3.8, 4) is 5.75 Å². The Morgan fingerprint density at radius 2 is 2.17 bits per heavy atom. The van der Waals surface area contributed by atoms with Crippen LogP contribution in [0, 0.1) is 10.1 Å². The number of benzene rings is 1. The number of ether oxygens (including phenoxy) is 1. The highest BCUT2D eigenvalue weighted by atomic mass is 16.6. The van der Waals surface area contributed by atoms with Gasteiger partial charge in [0.1, 0.15) is 12.3 Å². The van der Waals surface area contributed by atoms with Crippen LogP contribution in [0.5, 0.6) is 5.75 Å². The van der Waals surface area contributed by atoms with Crippen molar-refractivity contribution in [1.29, 1.82) is 0 Å². The monoisotopic (exact) mass is 333 g/mol. The average Bonchev–Trinajstić information content (AvgIpc) is 3.34. The van der Waals surface area contributed by atoms with E-state index in [1.54, 1.807) is 4.90 Å². The Balaban J connectivity index is 1.87. The van der Waals surface area contributed by atoms with Gasteiger partial charge in [-0.25, -0.2) is 0 Å². The summed E-state index contributed by atoms with van der Waals surface area (Å²) < 4.78 is 5.31. The Kier molecular flexibility index (Phi) is 4.13. The number of carbonyl (C=O) groups excluding carboxylic acids is 2. The van der Waals surface area contributed by atoms with Gasteiger partial charge in [0.25, 0.3) is 11.6 Å². The summed E-state index contributed by atoms with van der Waals surface area (Å²) in [6.45, 7) is 3.57. The van der Waals surface area contributed by atoms with Crippen molar-refractivity contribution in [2.75, 3.05) is 18.1 Å². The third-order valence-electron chi connectivity index (χ3n) is 4.17. The third kappa shape index (κ3) is 3.04. The van der Waals surface area contributed by atoms with Crippen LogP contribution in [-0.2, 0) is 9.59 Å². The number of anilines is 1. The van der Waals surface area contributed by atoms with E-state index < -0.39 is 4.92 Å². The molecule has 1 fully saturated rings. The zero-order valence-electron chi connectivity index (χ0n) is 13.6. The molecule has 1 saturated carbocycles. The molecule has 0 N–H and O–H groups in total. The molecule has 0 saturated heterocycles. The number of non-ortho nitro benzene ring substituents is 1. The maximum Gasteiger partial charge on any atom is 0.271 e. The second-order valence-corrected chi connectivity index (χ2v) is 6.30. The predicted octanol–water partition coefficient (Wildman–Crippen LogP) is 1.72. The molecule has 0 spiro atoms. The van der Waals surface area contributed by atoms with Gasteiger partial charge in [0, 0.05) is 24.2 Å². The highest BCUT2D eigenvalue weighted by Gasteiger charge is 2.37. The van der Waals surface area contributed by atoms with Gasteiger partial charge in [-0.3, -0.25) is 24.6 Å². The van der Waals surface area contributed by atoms with E-state index in [0.29, 0.717) is 5.75 Å². The molecule has 0 bridgehead atoms. The fourth-order valence-electron chi connectivity index (χ4n) is 2.96. The molecule has 2 aliphatic rings. The summed E-state index contributed by atoms with van der Waals surface area (Å²) in [4.78, 5) is 38.4. The van der Waals surface area contributed by atoms with Gasteiger partial charge < -0.3 is 9.64 Å². The number of nitro groups is 1. The van der Waals surface area contributed by atoms with E-state index in [4.69, 9.17) is 4.74 Å². The third-order valence-corrected chi connectivity index (χ3v) is 4.17. The van der Waals surface area contributed by atoms with Crippen molar-refractivity contribution < 1.29 is 19.2 Å². The molecule has 0 atom stereocenters. The number of hydrogen-bond acceptors (Lipinski definition) is 5. The molecule has 1 heterocycles. The highest BCUT2D eigenvalue weighted by Crippen LogP contribution is 2.36. The number of amides is 2. The Morgan fingerprint density at radius 3 is 2.75 bits per heavy atom. The summed E-state index contributed by atoms with van der Waals surface area (Å²) in [7, 11) is 0. The van der Waals surface area contributed by atoms with E-state index in [1.165, 1.54) is 23.1 Å². The Labute approximate surface area is 139 Å². The molecule has 3 rings (SSSR count). The molecule has 24 heavy (non-hydrogen) atoms. The van der Waals surface area contributed by atoms with E-state index in [-0.39, 0.29) is 48.4 Å². The molecule has 1 aliphatic carbocycles. The van der Waals surface area contributed by atoms with Crippen molar-refractivity contribution in [3.63, 3.8) is 0 Å². The Morgan fingerprint density at radius 1 is 1.46 bits per heavy atom. The van der Waals surface area contributed by atoms with Gasteiger partial charge in [-0.15, -0.1) is 0 Å². The largest absolute Gasteiger partial charge is 0.482 e. The fraction of sp³-hybridized carbons (Fsp3) is 0.500.